The SMILES string of the molecule is COc1ccc(N2CCCC2)cc1NS(=O)(=O)c1cc(C)ccc1C. The van der Waals surface area contributed by atoms with E-state index in [1.54, 1.807) is 20.1 Å². The molecule has 5 nitrogen and oxygen atoms in total. The molecule has 0 aliphatic carbocycles. The topological polar surface area (TPSA) is 58.6 Å². The third-order valence-corrected chi connectivity index (χ3v) is 6.04. The van der Waals surface area contributed by atoms with Crippen LogP contribution in [0, 0.1) is 13.8 Å². The quantitative estimate of drug-likeness (QED) is 0.883. The zero-order valence-electron chi connectivity index (χ0n) is 14.9. The largest absolute Gasteiger partial charge is 0.495 e. The third kappa shape index (κ3) is 3.74. The molecule has 2 aromatic carbocycles. The van der Waals surface area contributed by atoms with Gasteiger partial charge in [-0.15, -0.1) is 0 Å². The fourth-order valence-corrected chi connectivity index (χ4v) is 4.54. The minimum Gasteiger partial charge on any atom is -0.495 e. The molecule has 2 aromatic rings. The van der Waals surface area contributed by atoms with E-state index in [0.29, 0.717) is 21.9 Å². The van der Waals surface area contributed by atoms with Gasteiger partial charge in [-0.05, 0) is 62.1 Å². The lowest BCUT2D eigenvalue weighted by molar-refractivity contribution is 0.417. The molecule has 0 aromatic heterocycles. The summed E-state index contributed by atoms with van der Waals surface area (Å²) < 4.78 is 33.8. The third-order valence-electron chi connectivity index (χ3n) is 4.53. The van der Waals surface area contributed by atoms with Crippen molar-refractivity contribution in [1.82, 2.24) is 0 Å². The van der Waals surface area contributed by atoms with Gasteiger partial charge in [0.2, 0.25) is 0 Å². The van der Waals surface area contributed by atoms with Gasteiger partial charge in [-0.2, -0.15) is 0 Å². The minimum absolute atomic E-state index is 0.293. The molecule has 3 rings (SSSR count). The van der Waals surface area contributed by atoms with Crippen molar-refractivity contribution < 1.29 is 13.2 Å². The molecule has 25 heavy (non-hydrogen) atoms. The molecule has 0 amide bonds. The highest BCUT2D eigenvalue weighted by atomic mass is 32.2. The molecule has 1 saturated heterocycles. The average molecular weight is 360 g/mol. The van der Waals surface area contributed by atoms with Gasteiger partial charge >= 0.3 is 0 Å². The summed E-state index contributed by atoms with van der Waals surface area (Å²) in [5.41, 5.74) is 3.10. The molecule has 1 fully saturated rings. The minimum atomic E-state index is -3.69. The van der Waals surface area contributed by atoms with E-state index in [-0.39, 0.29) is 0 Å². The maximum Gasteiger partial charge on any atom is 0.262 e. The molecule has 0 radical (unpaired) electrons. The summed E-state index contributed by atoms with van der Waals surface area (Å²) in [7, 11) is -2.15. The van der Waals surface area contributed by atoms with Crippen molar-refractivity contribution in [2.75, 3.05) is 29.8 Å². The molecule has 1 heterocycles. The maximum atomic E-state index is 12.9. The van der Waals surface area contributed by atoms with Crippen LogP contribution < -0.4 is 14.4 Å². The Morgan fingerprint density at radius 1 is 1.04 bits per heavy atom. The number of nitrogens with one attached hydrogen (secondary N) is 1. The number of sulfonamides is 1. The highest BCUT2D eigenvalue weighted by molar-refractivity contribution is 7.92. The van der Waals surface area contributed by atoms with Gasteiger partial charge in [0.05, 0.1) is 17.7 Å². The van der Waals surface area contributed by atoms with Crippen molar-refractivity contribution in [3.63, 3.8) is 0 Å². The standard InChI is InChI=1S/C19H24N2O3S/c1-14-6-7-15(2)19(12-14)25(22,23)20-17-13-16(8-9-18(17)24-3)21-10-4-5-11-21/h6-9,12-13,20H,4-5,10-11H2,1-3H3. The molecule has 1 aliphatic heterocycles. The smallest absolute Gasteiger partial charge is 0.262 e. The fraction of sp³-hybridized carbons (Fsp3) is 0.368. The summed E-state index contributed by atoms with van der Waals surface area (Å²) in [5, 5.41) is 0. The lowest BCUT2D eigenvalue weighted by Gasteiger charge is -2.20. The summed E-state index contributed by atoms with van der Waals surface area (Å²) >= 11 is 0. The Hall–Kier alpha value is -2.21. The van der Waals surface area contributed by atoms with E-state index >= 15 is 0 Å². The number of nitrogens with zero attached hydrogens (tertiary/aromatic N) is 1. The zero-order valence-corrected chi connectivity index (χ0v) is 15.7. The first kappa shape index (κ1) is 17.6. The van der Waals surface area contributed by atoms with Gasteiger partial charge in [-0.3, -0.25) is 4.72 Å². The summed E-state index contributed by atoms with van der Waals surface area (Å²) in [4.78, 5) is 2.55. The predicted octanol–water partition coefficient (Wildman–Crippen LogP) is 3.71. The highest BCUT2D eigenvalue weighted by Gasteiger charge is 2.21. The first-order chi connectivity index (χ1) is 11.9. The molecular weight excluding hydrogens is 336 g/mol. The van der Waals surface area contributed by atoms with Crippen molar-refractivity contribution >= 4 is 21.4 Å². The van der Waals surface area contributed by atoms with Crippen molar-refractivity contribution in [3.8, 4) is 5.75 Å². The molecule has 0 saturated carbocycles. The number of hydrogen-bond donors (Lipinski definition) is 1. The molecule has 0 bridgehead atoms. The second-order valence-electron chi connectivity index (χ2n) is 6.45. The Morgan fingerprint density at radius 2 is 1.76 bits per heavy atom. The van der Waals surface area contributed by atoms with Gasteiger partial charge < -0.3 is 9.64 Å². The van der Waals surface area contributed by atoms with Gasteiger partial charge in [0.15, 0.2) is 0 Å². The molecule has 0 unspecified atom stereocenters. The van der Waals surface area contributed by atoms with E-state index in [9.17, 15) is 8.42 Å². The molecular formula is C19H24N2O3S. The summed E-state index contributed by atoms with van der Waals surface area (Å²) in [5.74, 6) is 0.511. The van der Waals surface area contributed by atoms with Crippen molar-refractivity contribution in [1.29, 1.82) is 0 Å². The van der Waals surface area contributed by atoms with Gasteiger partial charge in [-0.1, -0.05) is 12.1 Å². The number of methoxy groups -OCH3 is 1. The van der Waals surface area contributed by atoms with E-state index in [1.165, 1.54) is 0 Å². The highest BCUT2D eigenvalue weighted by Crippen LogP contribution is 2.33. The molecule has 0 spiro atoms. The van der Waals surface area contributed by atoms with Crippen LogP contribution in [0.1, 0.15) is 24.0 Å². The van der Waals surface area contributed by atoms with E-state index < -0.39 is 10.0 Å². The second kappa shape index (κ2) is 6.96. The molecule has 6 heteroatoms. The summed E-state index contributed by atoms with van der Waals surface area (Å²) in [6.07, 6.45) is 2.32. The lowest BCUT2D eigenvalue weighted by Crippen LogP contribution is -2.19. The Bertz CT molecular complexity index is 872. The number of anilines is 2. The first-order valence-electron chi connectivity index (χ1n) is 8.44. The van der Waals surface area contributed by atoms with Gasteiger partial charge in [0.25, 0.3) is 10.0 Å². The van der Waals surface area contributed by atoms with Crippen LogP contribution in [-0.4, -0.2) is 28.6 Å². The first-order valence-corrected chi connectivity index (χ1v) is 9.92. The van der Waals surface area contributed by atoms with Crippen molar-refractivity contribution in [2.45, 2.75) is 31.6 Å². The zero-order chi connectivity index (χ0) is 18.0. The number of ether oxygens (including phenoxy) is 1. The summed E-state index contributed by atoms with van der Waals surface area (Å²) in [6, 6.07) is 11.1. The Morgan fingerprint density at radius 3 is 2.44 bits per heavy atom. The average Bonchev–Trinajstić information content (AvgIpc) is 3.11. The van der Waals surface area contributed by atoms with Crippen LogP contribution in [-0.2, 0) is 10.0 Å². The monoisotopic (exact) mass is 360 g/mol. The molecule has 0 atom stereocenters. The van der Waals surface area contributed by atoms with E-state index in [2.05, 4.69) is 9.62 Å². The Labute approximate surface area is 149 Å². The number of aryl methyl sites for hydroxylation is 2. The molecule has 134 valence electrons. The van der Waals surface area contributed by atoms with Gasteiger partial charge in [0, 0.05) is 18.8 Å². The Balaban J connectivity index is 1.97. The van der Waals surface area contributed by atoms with E-state index in [4.69, 9.17) is 4.74 Å². The van der Waals surface area contributed by atoms with Crippen molar-refractivity contribution in [3.05, 3.63) is 47.5 Å². The van der Waals surface area contributed by atoms with Gasteiger partial charge in [0.1, 0.15) is 5.75 Å². The lowest BCUT2D eigenvalue weighted by atomic mass is 10.2. The fourth-order valence-electron chi connectivity index (χ4n) is 3.14. The van der Waals surface area contributed by atoms with Crippen LogP contribution in [0.5, 0.6) is 5.75 Å². The van der Waals surface area contributed by atoms with Crippen LogP contribution in [0.25, 0.3) is 0 Å². The summed E-state index contributed by atoms with van der Waals surface area (Å²) in [6.45, 7) is 5.67. The van der Waals surface area contributed by atoms with Crippen LogP contribution in [0.4, 0.5) is 11.4 Å². The number of hydrogen-bond acceptors (Lipinski definition) is 4. The normalized spacial score (nSPS) is 14.6. The Kier molecular flexibility index (Phi) is 4.90. The number of benzene rings is 2. The van der Waals surface area contributed by atoms with Crippen LogP contribution in [0.3, 0.4) is 0 Å². The van der Waals surface area contributed by atoms with Crippen LogP contribution in [0.2, 0.25) is 0 Å². The maximum absolute atomic E-state index is 12.9. The number of rotatable bonds is 5. The van der Waals surface area contributed by atoms with Crippen LogP contribution in [0.15, 0.2) is 41.3 Å². The van der Waals surface area contributed by atoms with Crippen molar-refractivity contribution in [2.24, 2.45) is 0 Å². The molecule has 1 N–H and O–H groups in total. The second-order valence-corrected chi connectivity index (χ2v) is 8.10. The van der Waals surface area contributed by atoms with Gasteiger partial charge in [-0.25, -0.2) is 8.42 Å². The van der Waals surface area contributed by atoms with E-state index in [0.717, 1.165) is 37.2 Å². The molecule has 1 aliphatic rings. The predicted molar refractivity (Wildman–Crippen MR) is 101 cm³/mol. The van der Waals surface area contributed by atoms with Crippen LogP contribution >= 0.6 is 0 Å². The van der Waals surface area contributed by atoms with E-state index in [1.807, 2.05) is 37.3 Å².